The number of likely N-dealkylation sites (tertiary alicyclic amines) is 1. The maximum absolute atomic E-state index is 13.7. The first-order valence-corrected chi connectivity index (χ1v) is 16.0. The molecule has 238 valence electrons. The summed E-state index contributed by atoms with van der Waals surface area (Å²) in [5, 5.41) is 26.2. The molecule has 3 atom stereocenters. The van der Waals surface area contributed by atoms with E-state index in [0.717, 1.165) is 41.0 Å². The Bertz CT molecular complexity index is 1440. The lowest BCUT2D eigenvalue weighted by Gasteiger charge is -2.28. The third-order valence-electron chi connectivity index (χ3n) is 7.82. The lowest BCUT2D eigenvalue weighted by molar-refractivity contribution is -0.141. The summed E-state index contributed by atoms with van der Waals surface area (Å²) in [6, 6.07) is 6.76. The first kappa shape index (κ1) is 33.1. The van der Waals surface area contributed by atoms with Gasteiger partial charge in [-0.3, -0.25) is 14.4 Å². The number of aliphatic carboxylic acids is 1. The molecule has 2 amide bonds. The largest absolute Gasteiger partial charge is 0.493 e. The highest BCUT2D eigenvalue weighted by atomic mass is 32.1. The summed E-state index contributed by atoms with van der Waals surface area (Å²) >= 11 is 1.54. The molecule has 0 aliphatic carbocycles. The number of carbonyl (C=O) groups is 3. The Morgan fingerprint density at radius 2 is 1.93 bits per heavy atom. The van der Waals surface area contributed by atoms with Gasteiger partial charge in [0.1, 0.15) is 23.5 Å². The number of benzene rings is 1. The van der Waals surface area contributed by atoms with E-state index in [2.05, 4.69) is 15.5 Å². The van der Waals surface area contributed by atoms with Crippen LogP contribution in [0.15, 0.2) is 34.3 Å². The van der Waals surface area contributed by atoms with E-state index in [-0.39, 0.29) is 43.7 Å². The number of hydrogen-bond acceptors (Lipinski definition) is 9. The third kappa shape index (κ3) is 8.44. The highest BCUT2D eigenvalue weighted by Crippen LogP contribution is 2.33. The van der Waals surface area contributed by atoms with Gasteiger partial charge in [0.25, 0.3) is 0 Å². The molecule has 3 heterocycles. The molecule has 0 bridgehead atoms. The molecule has 0 spiro atoms. The number of aromatic nitrogens is 2. The maximum atomic E-state index is 13.7. The van der Waals surface area contributed by atoms with E-state index in [1.165, 1.54) is 4.90 Å². The Morgan fingerprint density at radius 1 is 1.16 bits per heavy atom. The van der Waals surface area contributed by atoms with Gasteiger partial charge < -0.3 is 29.7 Å². The first-order valence-electron chi connectivity index (χ1n) is 15.1. The van der Waals surface area contributed by atoms with Gasteiger partial charge in [0.05, 0.1) is 34.5 Å². The quantitative estimate of drug-likeness (QED) is 0.201. The van der Waals surface area contributed by atoms with Crippen molar-refractivity contribution in [2.75, 3.05) is 13.2 Å². The molecule has 4 rings (SSSR count). The number of ether oxygens (including phenoxy) is 1. The molecule has 2 aromatic heterocycles. The van der Waals surface area contributed by atoms with Crippen LogP contribution in [0.4, 0.5) is 0 Å². The zero-order chi connectivity index (χ0) is 31.8. The average Bonchev–Trinajstić information content (AvgIpc) is 3.71. The minimum atomic E-state index is -0.822. The lowest BCUT2D eigenvalue weighted by Crippen LogP contribution is -2.48. The monoisotopic (exact) mass is 626 g/mol. The normalized spacial score (nSPS) is 17.2. The number of nitrogens with zero attached hydrogens (tertiary/aromatic N) is 3. The molecule has 11 nitrogen and oxygen atoms in total. The smallest absolute Gasteiger partial charge is 0.303 e. The van der Waals surface area contributed by atoms with Crippen LogP contribution >= 0.6 is 11.3 Å². The molecule has 1 aromatic carbocycles. The number of aliphatic hydroxyl groups excluding tert-OH is 1. The van der Waals surface area contributed by atoms with Crippen LogP contribution < -0.4 is 10.1 Å². The minimum absolute atomic E-state index is 0.0665. The molecule has 1 aliphatic rings. The highest BCUT2D eigenvalue weighted by Gasteiger charge is 2.43. The predicted molar refractivity (Wildman–Crippen MR) is 165 cm³/mol. The SMILES string of the molecule is Cc1cc(C(C(=O)N2C[C@H](O)C[C@H]2C(=O)NCc2ccc(-c3scnc3C)cc2OCCCCCCC(=O)O)C(C)C)on1. The molecule has 3 N–H and O–H groups in total. The van der Waals surface area contributed by atoms with Gasteiger partial charge in [0.2, 0.25) is 11.8 Å². The number of aliphatic hydroxyl groups is 1. The summed E-state index contributed by atoms with van der Waals surface area (Å²) < 4.78 is 11.6. The summed E-state index contributed by atoms with van der Waals surface area (Å²) in [6.45, 7) is 8.27. The van der Waals surface area contributed by atoms with Crippen LogP contribution in [0, 0.1) is 19.8 Å². The average molecular weight is 627 g/mol. The Hall–Kier alpha value is -3.77. The van der Waals surface area contributed by atoms with E-state index >= 15 is 0 Å². The second-order valence-electron chi connectivity index (χ2n) is 11.7. The lowest BCUT2D eigenvalue weighted by atomic mass is 9.91. The van der Waals surface area contributed by atoms with Crippen LogP contribution in [0.3, 0.4) is 0 Å². The Kier molecular flexibility index (Phi) is 11.5. The van der Waals surface area contributed by atoms with E-state index in [1.54, 1.807) is 29.8 Å². The highest BCUT2D eigenvalue weighted by molar-refractivity contribution is 7.13. The molecule has 1 unspecified atom stereocenters. The number of amides is 2. The van der Waals surface area contributed by atoms with Crippen molar-refractivity contribution in [3.05, 3.63) is 52.5 Å². The number of nitrogens with one attached hydrogen (secondary N) is 1. The third-order valence-corrected chi connectivity index (χ3v) is 8.80. The number of carboxylic acid groups (broad SMARTS) is 1. The summed E-state index contributed by atoms with van der Waals surface area (Å²) in [6.07, 6.45) is 2.58. The van der Waals surface area contributed by atoms with Crippen molar-refractivity contribution < 1.29 is 33.9 Å². The van der Waals surface area contributed by atoms with Gasteiger partial charge in [-0.1, -0.05) is 44.0 Å². The van der Waals surface area contributed by atoms with Gasteiger partial charge in [-0.05, 0) is 44.2 Å². The summed E-state index contributed by atoms with van der Waals surface area (Å²) in [4.78, 5) is 44.8. The molecule has 1 aliphatic heterocycles. The molecule has 12 heteroatoms. The van der Waals surface area contributed by atoms with E-state index in [0.29, 0.717) is 30.2 Å². The fourth-order valence-electron chi connectivity index (χ4n) is 5.52. The number of carbonyl (C=O) groups excluding carboxylic acids is 2. The van der Waals surface area contributed by atoms with Crippen LogP contribution in [0.2, 0.25) is 0 Å². The zero-order valence-electron chi connectivity index (χ0n) is 25.7. The van der Waals surface area contributed by atoms with Crippen LogP contribution in [-0.4, -0.2) is 68.3 Å². The minimum Gasteiger partial charge on any atom is -0.493 e. The predicted octanol–water partition coefficient (Wildman–Crippen LogP) is 4.85. The van der Waals surface area contributed by atoms with Crippen molar-refractivity contribution in [2.45, 2.75) is 90.8 Å². The van der Waals surface area contributed by atoms with Crippen LogP contribution in [0.25, 0.3) is 10.4 Å². The van der Waals surface area contributed by atoms with Crippen LogP contribution in [0.1, 0.15) is 81.0 Å². The van der Waals surface area contributed by atoms with Crippen molar-refractivity contribution >= 4 is 29.1 Å². The number of unbranched alkanes of at least 4 members (excludes halogenated alkanes) is 3. The number of aryl methyl sites for hydroxylation is 2. The standard InChI is InChI=1S/C32H42N4O7S/c1-19(2)29(27-13-20(3)35-43-27)32(41)36-17-24(37)15-25(36)31(40)33-16-23-11-10-22(30-21(4)34-18-44-30)14-26(23)42-12-8-6-5-7-9-28(38)39/h10-11,13-14,18-19,24-25,29,37H,5-9,12,15-17H2,1-4H3,(H,33,40)(H,38,39)/t24-,25+,29?/m1/s1. The topological polar surface area (TPSA) is 155 Å². The Morgan fingerprint density at radius 3 is 2.59 bits per heavy atom. The van der Waals surface area contributed by atoms with Gasteiger partial charge >= 0.3 is 5.97 Å². The molecule has 0 saturated carbocycles. The zero-order valence-corrected chi connectivity index (χ0v) is 26.6. The first-order chi connectivity index (χ1) is 21.0. The van der Waals surface area contributed by atoms with Gasteiger partial charge in [0.15, 0.2) is 0 Å². The van der Waals surface area contributed by atoms with E-state index < -0.39 is 24.0 Å². The van der Waals surface area contributed by atoms with Gasteiger partial charge in [-0.25, -0.2) is 4.98 Å². The summed E-state index contributed by atoms with van der Waals surface area (Å²) in [5.74, 6) is -1.04. The van der Waals surface area contributed by atoms with Crippen molar-refractivity contribution in [1.29, 1.82) is 0 Å². The molecule has 44 heavy (non-hydrogen) atoms. The summed E-state index contributed by atoms with van der Waals surface area (Å²) in [7, 11) is 0. The number of hydrogen-bond donors (Lipinski definition) is 3. The fourth-order valence-corrected chi connectivity index (χ4v) is 6.32. The fraction of sp³-hybridized carbons (Fsp3) is 0.531. The number of β-amino-alcohol motifs (C(OH)–C–C–N with tert-alkyl or cyclic N) is 1. The second-order valence-corrected chi connectivity index (χ2v) is 12.6. The van der Waals surface area contributed by atoms with E-state index in [4.69, 9.17) is 14.4 Å². The maximum Gasteiger partial charge on any atom is 0.303 e. The van der Waals surface area contributed by atoms with Crippen molar-refractivity contribution in [1.82, 2.24) is 20.4 Å². The van der Waals surface area contributed by atoms with E-state index in [9.17, 15) is 19.5 Å². The molecule has 0 radical (unpaired) electrons. The molecular formula is C32H42N4O7S. The molecular weight excluding hydrogens is 584 g/mol. The number of thiazole rings is 1. The van der Waals surface area contributed by atoms with Crippen LogP contribution in [0.5, 0.6) is 5.75 Å². The van der Waals surface area contributed by atoms with Crippen molar-refractivity contribution in [2.24, 2.45) is 5.92 Å². The second kappa shape index (κ2) is 15.3. The summed E-state index contributed by atoms with van der Waals surface area (Å²) in [5.41, 5.74) is 5.14. The van der Waals surface area contributed by atoms with Gasteiger partial charge in [0, 0.05) is 37.6 Å². The number of rotatable bonds is 15. The Balaban J connectivity index is 1.45. The molecule has 3 aromatic rings. The van der Waals surface area contributed by atoms with Gasteiger partial charge in [-0.15, -0.1) is 11.3 Å². The van der Waals surface area contributed by atoms with Crippen LogP contribution in [-0.2, 0) is 20.9 Å². The molecule has 1 saturated heterocycles. The van der Waals surface area contributed by atoms with Crippen molar-refractivity contribution in [3.63, 3.8) is 0 Å². The number of carboxylic acids is 1. The Labute approximate surface area is 261 Å². The molecule has 1 fully saturated rings. The van der Waals surface area contributed by atoms with Crippen molar-refractivity contribution in [3.8, 4) is 16.2 Å². The van der Waals surface area contributed by atoms with Gasteiger partial charge in [-0.2, -0.15) is 0 Å². The van der Waals surface area contributed by atoms with E-state index in [1.807, 2.05) is 39.0 Å².